The molecule has 4 aliphatic rings. The number of alkyl halides is 6. The molecule has 1 saturated carbocycles. The van der Waals surface area contributed by atoms with Crippen LogP contribution in [0.25, 0.3) is 0 Å². The molecule has 0 amide bonds. The lowest BCUT2D eigenvalue weighted by Gasteiger charge is -2.47. The van der Waals surface area contributed by atoms with Gasteiger partial charge in [-0.3, -0.25) is 9.59 Å². The molecular formula is C17H10F6O2S2. The molecule has 144 valence electrons. The predicted octanol–water partition coefficient (Wildman–Crippen LogP) is 4.69. The van der Waals surface area contributed by atoms with Gasteiger partial charge in [-0.2, -0.15) is 26.3 Å². The van der Waals surface area contributed by atoms with Gasteiger partial charge < -0.3 is 0 Å². The van der Waals surface area contributed by atoms with Crippen LogP contribution in [0.5, 0.6) is 0 Å². The van der Waals surface area contributed by atoms with Gasteiger partial charge in [-0.05, 0) is 37.1 Å². The molecular weight excluding hydrogens is 414 g/mol. The van der Waals surface area contributed by atoms with Crippen LogP contribution in [0.3, 0.4) is 0 Å². The zero-order valence-corrected chi connectivity index (χ0v) is 15.3. The van der Waals surface area contributed by atoms with E-state index in [-0.39, 0.29) is 9.81 Å². The van der Waals surface area contributed by atoms with Crippen molar-refractivity contribution in [1.29, 1.82) is 0 Å². The third-order valence-electron chi connectivity index (χ3n) is 5.59. The number of carbonyl (C=O) groups excluding carboxylic acids is 2. The highest BCUT2D eigenvalue weighted by molar-refractivity contribution is 8.09. The second kappa shape index (κ2) is 4.94. The van der Waals surface area contributed by atoms with Crippen molar-refractivity contribution < 1.29 is 35.9 Å². The third kappa shape index (κ3) is 1.79. The summed E-state index contributed by atoms with van der Waals surface area (Å²) >= 11 is 1.68. The van der Waals surface area contributed by atoms with Gasteiger partial charge in [0.15, 0.2) is 12.6 Å². The van der Waals surface area contributed by atoms with Gasteiger partial charge in [0.2, 0.25) is 0 Å². The Hall–Kier alpha value is -1.42. The molecule has 1 fully saturated rings. The smallest absolute Gasteiger partial charge is 0.297 e. The monoisotopic (exact) mass is 424 g/mol. The van der Waals surface area contributed by atoms with Crippen LogP contribution in [0.15, 0.2) is 44.3 Å². The molecule has 27 heavy (non-hydrogen) atoms. The van der Waals surface area contributed by atoms with E-state index in [0.29, 0.717) is 12.6 Å². The van der Waals surface area contributed by atoms with E-state index in [2.05, 4.69) is 0 Å². The summed E-state index contributed by atoms with van der Waals surface area (Å²) in [5.41, 5.74) is -3.74. The minimum atomic E-state index is -5.64. The standard InChI is InChI=1S/C17H10F6O2S2/c1-13-9(3-7(5-24)26-13)11-12(10-4-8(6-25)27-14(10,13)2)16(20,21)17(22,23)15(11,18)19/h3-6H,1-2H3/t13-,14-/m1/s1. The molecule has 10 heteroatoms. The van der Waals surface area contributed by atoms with Crippen molar-refractivity contribution in [3.63, 3.8) is 0 Å². The summed E-state index contributed by atoms with van der Waals surface area (Å²) in [5, 5.41) is 0. The van der Waals surface area contributed by atoms with E-state index in [1.807, 2.05) is 0 Å². The number of aldehydes is 2. The minimum Gasteiger partial charge on any atom is -0.297 e. The van der Waals surface area contributed by atoms with Gasteiger partial charge >= 0.3 is 17.8 Å². The van der Waals surface area contributed by atoms with Gasteiger partial charge in [-0.15, -0.1) is 23.5 Å². The first-order valence-electron chi connectivity index (χ1n) is 7.65. The average Bonchev–Trinajstić information content (AvgIpc) is 3.13. The Morgan fingerprint density at radius 2 is 1.07 bits per heavy atom. The van der Waals surface area contributed by atoms with E-state index in [9.17, 15) is 35.9 Å². The van der Waals surface area contributed by atoms with Gasteiger partial charge in [-0.25, -0.2) is 0 Å². The molecule has 4 rings (SSSR count). The Labute approximate surface area is 157 Å². The van der Waals surface area contributed by atoms with Crippen molar-refractivity contribution in [2.24, 2.45) is 0 Å². The van der Waals surface area contributed by atoms with Crippen LogP contribution in [-0.2, 0) is 9.59 Å². The quantitative estimate of drug-likeness (QED) is 0.476. The summed E-state index contributed by atoms with van der Waals surface area (Å²) in [5.74, 6) is -15.9. The van der Waals surface area contributed by atoms with Crippen LogP contribution in [-0.4, -0.2) is 39.8 Å². The molecule has 0 aromatic heterocycles. The number of halogens is 6. The molecule has 0 bridgehead atoms. The zero-order chi connectivity index (χ0) is 20.2. The van der Waals surface area contributed by atoms with Crippen LogP contribution in [0.2, 0.25) is 0 Å². The lowest BCUT2D eigenvalue weighted by Crippen LogP contribution is -2.49. The van der Waals surface area contributed by atoms with E-state index < -0.39 is 49.6 Å². The van der Waals surface area contributed by atoms with Gasteiger partial charge in [-0.1, -0.05) is 0 Å². The largest absolute Gasteiger partial charge is 0.380 e. The molecule has 2 atom stereocenters. The first kappa shape index (κ1) is 18.9. The summed E-state index contributed by atoms with van der Waals surface area (Å²) in [6.45, 7) is 2.87. The minimum absolute atomic E-state index is 0.0312. The summed E-state index contributed by atoms with van der Waals surface area (Å²) in [7, 11) is 0. The SMILES string of the molecule is C[C@@]12SC(C=O)=CC1=C1C(=C3C=C(C=O)S[C@]32C)C(F)(F)C(F)(F)C1(F)F. The maximum Gasteiger partial charge on any atom is 0.380 e. The van der Waals surface area contributed by atoms with E-state index in [1.54, 1.807) is 0 Å². The zero-order valence-electron chi connectivity index (χ0n) is 13.7. The molecule has 2 nitrogen and oxygen atoms in total. The summed E-state index contributed by atoms with van der Waals surface area (Å²) in [6.07, 6.45) is 2.67. The first-order chi connectivity index (χ1) is 12.3. The van der Waals surface area contributed by atoms with Crippen LogP contribution < -0.4 is 0 Å². The van der Waals surface area contributed by atoms with Crippen molar-refractivity contribution in [2.45, 2.75) is 41.1 Å². The lowest BCUT2D eigenvalue weighted by molar-refractivity contribution is -0.258. The van der Waals surface area contributed by atoms with E-state index in [0.717, 1.165) is 35.7 Å². The maximum absolute atomic E-state index is 14.6. The summed E-state index contributed by atoms with van der Waals surface area (Å²) in [4.78, 5) is 22.4. The molecule has 0 spiro atoms. The Morgan fingerprint density at radius 1 is 0.741 bits per heavy atom. The molecule has 0 unspecified atom stereocenters. The highest BCUT2D eigenvalue weighted by Crippen LogP contribution is 2.73. The summed E-state index contributed by atoms with van der Waals surface area (Å²) < 4.78 is 83.9. The molecule has 2 aliphatic carbocycles. The van der Waals surface area contributed by atoms with E-state index in [4.69, 9.17) is 0 Å². The number of allylic oxidation sites excluding steroid dienone is 6. The third-order valence-corrected chi connectivity index (χ3v) is 8.69. The Morgan fingerprint density at radius 3 is 1.37 bits per heavy atom. The van der Waals surface area contributed by atoms with Gasteiger partial charge in [0.25, 0.3) is 0 Å². The van der Waals surface area contributed by atoms with Crippen molar-refractivity contribution in [2.75, 3.05) is 0 Å². The fraction of sp³-hybridized carbons (Fsp3) is 0.412. The summed E-state index contributed by atoms with van der Waals surface area (Å²) in [6, 6.07) is 0. The van der Waals surface area contributed by atoms with Crippen molar-refractivity contribution >= 4 is 36.1 Å². The Bertz CT molecular complexity index is 871. The molecule has 2 aliphatic heterocycles. The molecule has 0 saturated heterocycles. The lowest BCUT2D eigenvalue weighted by atomic mass is 9.71. The van der Waals surface area contributed by atoms with Crippen LogP contribution in [0.4, 0.5) is 26.3 Å². The highest BCUT2D eigenvalue weighted by Gasteiger charge is 2.84. The van der Waals surface area contributed by atoms with Crippen molar-refractivity contribution in [3.05, 3.63) is 44.3 Å². The number of hydrogen-bond acceptors (Lipinski definition) is 4. The molecule has 0 aromatic rings. The van der Waals surface area contributed by atoms with Crippen molar-refractivity contribution in [3.8, 4) is 0 Å². The second-order valence-corrected chi connectivity index (χ2v) is 9.88. The van der Waals surface area contributed by atoms with Gasteiger partial charge in [0, 0.05) is 21.0 Å². The molecule has 2 heterocycles. The average molecular weight is 424 g/mol. The number of fused-ring (bicyclic) bond motifs is 4. The first-order valence-corrected chi connectivity index (χ1v) is 9.29. The van der Waals surface area contributed by atoms with Crippen LogP contribution in [0, 0.1) is 0 Å². The van der Waals surface area contributed by atoms with E-state index in [1.165, 1.54) is 13.8 Å². The normalized spacial score (nSPS) is 37.5. The molecule has 0 radical (unpaired) electrons. The van der Waals surface area contributed by atoms with Crippen LogP contribution >= 0.6 is 23.5 Å². The van der Waals surface area contributed by atoms with Gasteiger partial charge in [0.1, 0.15) is 0 Å². The number of thioether (sulfide) groups is 2. The second-order valence-electron chi connectivity index (χ2n) is 6.90. The topological polar surface area (TPSA) is 34.1 Å². The van der Waals surface area contributed by atoms with Crippen molar-refractivity contribution in [1.82, 2.24) is 0 Å². The van der Waals surface area contributed by atoms with Gasteiger partial charge in [0.05, 0.1) is 9.49 Å². The van der Waals surface area contributed by atoms with E-state index >= 15 is 0 Å². The number of carbonyl (C=O) groups is 2. The number of hydrogen-bond donors (Lipinski definition) is 0. The predicted molar refractivity (Wildman–Crippen MR) is 89.2 cm³/mol. The molecule has 0 N–H and O–H groups in total. The number of rotatable bonds is 2. The fourth-order valence-corrected chi connectivity index (χ4v) is 6.87. The fourth-order valence-electron chi connectivity index (χ4n) is 4.08. The Balaban J connectivity index is 2.19. The van der Waals surface area contributed by atoms with Crippen LogP contribution in [0.1, 0.15) is 13.8 Å². The highest BCUT2D eigenvalue weighted by atomic mass is 32.2. The maximum atomic E-state index is 14.6. The Kier molecular flexibility index (Phi) is 3.46. The molecule has 0 aromatic carbocycles.